The first-order chi connectivity index (χ1) is 8.67. The van der Waals surface area contributed by atoms with E-state index in [0.29, 0.717) is 23.4 Å². The van der Waals surface area contributed by atoms with Crippen LogP contribution in [0.25, 0.3) is 0 Å². The van der Waals surface area contributed by atoms with E-state index < -0.39 is 0 Å². The molecule has 2 rings (SSSR count). The predicted octanol–water partition coefficient (Wildman–Crippen LogP) is 3.28. The van der Waals surface area contributed by atoms with Gasteiger partial charge in [0.25, 0.3) is 0 Å². The number of nitrogens with zero attached hydrogens (tertiary/aromatic N) is 1. The van der Waals surface area contributed by atoms with Crippen molar-refractivity contribution in [3.05, 3.63) is 23.8 Å². The fourth-order valence-electron chi connectivity index (χ4n) is 2.89. The van der Waals surface area contributed by atoms with E-state index in [1.54, 1.807) is 7.11 Å². The zero-order valence-electron chi connectivity index (χ0n) is 11.3. The molecule has 3 nitrogen and oxygen atoms in total. The van der Waals surface area contributed by atoms with E-state index in [0.717, 1.165) is 12.0 Å². The smallest absolute Gasteiger partial charge is 0.153 e. The summed E-state index contributed by atoms with van der Waals surface area (Å²) in [4.78, 5) is 13.3. The molecular formula is C15H21NO2. The Morgan fingerprint density at radius 2 is 1.94 bits per heavy atom. The molecule has 1 aromatic rings. The lowest BCUT2D eigenvalue weighted by Crippen LogP contribution is -2.43. The Balaban J connectivity index is 2.34. The molecule has 1 fully saturated rings. The molecule has 2 atom stereocenters. The lowest BCUT2D eigenvalue weighted by Gasteiger charge is -2.41. The largest absolute Gasteiger partial charge is 0.496 e. The maximum Gasteiger partial charge on any atom is 0.153 e. The van der Waals surface area contributed by atoms with E-state index in [1.807, 2.05) is 18.2 Å². The number of anilines is 1. The third-order valence-electron chi connectivity index (χ3n) is 3.84. The Morgan fingerprint density at radius 1 is 1.28 bits per heavy atom. The predicted molar refractivity (Wildman–Crippen MR) is 73.6 cm³/mol. The Hall–Kier alpha value is -1.51. The van der Waals surface area contributed by atoms with Gasteiger partial charge in [-0.2, -0.15) is 0 Å². The summed E-state index contributed by atoms with van der Waals surface area (Å²) in [7, 11) is 1.61. The lowest BCUT2D eigenvalue weighted by molar-refractivity contribution is 0.112. The molecule has 1 aliphatic rings. The van der Waals surface area contributed by atoms with Crippen molar-refractivity contribution >= 4 is 12.0 Å². The third kappa shape index (κ3) is 2.35. The van der Waals surface area contributed by atoms with Gasteiger partial charge in [0.05, 0.1) is 12.7 Å². The number of piperidine rings is 1. The van der Waals surface area contributed by atoms with Crippen LogP contribution >= 0.6 is 0 Å². The van der Waals surface area contributed by atoms with Crippen molar-refractivity contribution in [1.82, 2.24) is 0 Å². The highest BCUT2D eigenvalue weighted by atomic mass is 16.5. The number of carbonyl (C=O) groups excluding carboxylic acids is 1. The minimum atomic E-state index is 0.542. The third-order valence-corrected chi connectivity index (χ3v) is 3.84. The number of benzene rings is 1. The van der Waals surface area contributed by atoms with Crippen LogP contribution in [0.4, 0.5) is 5.69 Å². The number of ether oxygens (including phenoxy) is 1. The van der Waals surface area contributed by atoms with Gasteiger partial charge in [0.15, 0.2) is 6.29 Å². The molecule has 3 heteroatoms. The standard InChI is InChI=1S/C15H21NO2/c1-11-5-4-6-12(2)16(11)14-8-7-13(10-17)15(9-14)18-3/h7-12H,4-6H2,1-3H3. The Labute approximate surface area is 109 Å². The number of carbonyl (C=O) groups is 1. The molecule has 18 heavy (non-hydrogen) atoms. The van der Waals surface area contributed by atoms with Crippen LogP contribution in [0.2, 0.25) is 0 Å². The Bertz CT molecular complexity index is 421. The van der Waals surface area contributed by atoms with Gasteiger partial charge in [-0.25, -0.2) is 0 Å². The fourth-order valence-corrected chi connectivity index (χ4v) is 2.89. The summed E-state index contributed by atoms with van der Waals surface area (Å²) in [6.07, 6.45) is 4.58. The number of aldehydes is 1. The van der Waals surface area contributed by atoms with Crippen molar-refractivity contribution in [2.75, 3.05) is 12.0 Å². The van der Waals surface area contributed by atoms with Gasteiger partial charge in [-0.05, 0) is 45.2 Å². The highest BCUT2D eigenvalue weighted by Gasteiger charge is 2.25. The second-order valence-corrected chi connectivity index (χ2v) is 5.08. The quantitative estimate of drug-likeness (QED) is 0.768. The van der Waals surface area contributed by atoms with Crippen LogP contribution < -0.4 is 9.64 Å². The van der Waals surface area contributed by atoms with E-state index in [1.165, 1.54) is 19.3 Å². The number of rotatable bonds is 3. The van der Waals surface area contributed by atoms with Crippen molar-refractivity contribution in [2.24, 2.45) is 0 Å². The second-order valence-electron chi connectivity index (χ2n) is 5.08. The summed E-state index contributed by atoms with van der Waals surface area (Å²) < 4.78 is 5.28. The van der Waals surface area contributed by atoms with Crippen molar-refractivity contribution in [3.63, 3.8) is 0 Å². The van der Waals surface area contributed by atoms with E-state index >= 15 is 0 Å². The van der Waals surface area contributed by atoms with Crippen LogP contribution in [0.5, 0.6) is 5.75 Å². The molecule has 0 radical (unpaired) electrons. The van der Waals surface area contributed by atoms with Gasteiger partial charge in [0, 0.05) is 23.8 Å². The average Bonchev–Trinajstić information content (AvgIpc) is 2.38. The van der Waals surface area contributed by atoms with Gasteiger partial charge in [-0.15, -0.1) is 0 Å². The van der Waals surface area contributed by atoms with Crippen LogP contribution in [0.15, 0.2) is 18.2 Å². The SMILES string of the molecule is COc1cc(N2C(C)CCCC2C)ccc1C=O. The van der Waals surface area contributed by atoms with Crippen molar-refractivity contribution in [3.8, 4) is 5.75 Å². The van der Waals surface area contributed by atoms with Crippen LogP contribution in [0.1, 0.15) is 43.5 Å². The normalized spacial score (nSPS) is 23.8. The molecule has 0 saturated carbocycles. The zero-order chi connectivity index (χ0) is 13.1. The summed E-state index contributed by atoms with van der Waals surface area (Å²) in [5, 5.41) is 0. The summed E-state index contributed by atoms with van der Waals surface area (Å²) in [6.45, 7) is 4.52. The zero-order valence-corrected chi connectivity index (χ0v) is 11.3. The number of methoxy groups -OCH3 is 1. The molecule has 1 saturated heterocycles. The Morgan fingerprint density at radius 3 is 2.50 bits per heavy atom. The summed E-state index contributed by atoms with van der Waals surface area (Å²) >= 11 is 0. The first-order valence-electron chi connectivity index (χ1n) is 6.59. The molecule has 0 aromatic heterocycles. The summed E-state index contributed by atoms with van der Waals surface area (Å²) in [6, 6.07) is 6.92. The lowest BCUT2D eigenvalue weighted by atomic mass is 9.96. The van der Waals surface area contributed by atoms with Gasteiger partial charge in [0.2, 0.25) is 0 Å². The maximum absolute atomic E-state index is 10.9. The summed E-state index contributed by atoms with van der Waals surface area (Å²) in [5.74, 6) is 0.660. The first kappa shape index (κ1) is 12.9. The van der Waals surface area contributed by atoms with Crippen LogP contribution in [0, 0.1) is 0 Å². The molecule has 0 aliphatic carbocycles. The molecule has 1 aromatic carbocycles. The van der Waals surface area contributed by atoms with Gasteiger partial charge >= 0.3 is 0 Å². The molecule has 1 aliphatic heterocycles. The molecule has 0 amide bonds. The minimum Gasteiger partial charge on any atom is -0.496 e. The van der Waals surface area contributed by atoms with Crippen molar-refractivity contribution < 1.29 is 9.53 Å². The maximum atomic E-state index is 10.9. The van der Waals surface area contributed by atoms with Crippen LogP contribution in [-0.2, 0) is 0 Å². The van der Waals surface area contributed by atoms with Gasteiger partial charge in [-0.3, -0.25) is 4.79 Å². The number of hydrogen-bond donors (Lipinski definition) is 0. The van der Waals surface area contributed by atoms with Crippen molar-refractivity contribution in [2.45, 2.75) is 45.2 Å². The van der Waals surface area contributed by atoms with E-state index in [-0.39, 0.29) is 0 Å². The molecule has 0 bridgehead atoms. The first-order valence-corrected chi connectivity index (χ1v) is 6.59. The molecule has 0 spiro atoms. The molecular weight excluding hydrogens is 226 g/mol. The minimum absolute atomic E-state index is 0.542. The van der Waals surface area contributed by atoms with E-state index in [9.17, 15) is 4.79 Å². The topological polar surface area (TPSA) is 29.5 Å². The van der Waals surface area contributed by atoms with E-state index in [2.05, 4.69) is 18.7 Å². The highest BCUT2D eigenvalue weighted by Crippen LogP contribution is 2.32. The van der Waals surface area contributed by atoms with Crippen LogP contribution in [-0.4, -0.2) is 25.5 Å². The molecule has 0 N–H and O–H groups in total. The molecule has 2 unspecified atom stereocenters. The van der Waals surface area contributed by atoms with Gasteiger partial charge in [-0.1, -0.05) is 0 Å². The molecule has 1 heterocycles. The molecule has 98 valence electrons. The Kier molecular flexibility index (Phi) is 3.90. The summed E-state index contributed by atoms with van der Waals surface area (Å²) in [5.41, 5.74) is 1.76. The van der Waals surface area contributed by atoms with E-state index in [4.69, 9.17) is 4.74 Å². The average molecular weight is 247 g/mol. The van der Waals surface area contributed by atoms with Crippen LogP contribution in [0.3, 0.4) is 0 Å². The van der Waals surface area contributed by atoms with Gasteiger partial charge < -0.3 is 9.64 Å². The second kappa shape index (κ2) is 5.42. The highest BCUT2D eigenvalue weighted by molar-refractivity contribution is 5.80. The van der Waals surface area contributed by atoms with Gasteiger partial charge in [0.1, 0.15) is 5.75 Å². The fraction of sp³-hybridized carbons (Fsp3) is 0.533. The number of hydrogen-bond acceptors (Lipinski definition) is 3. The monoisotopic (exact) mass is 247 g/mol. The van der Waals surface area contributed by atoms with Crippen molar-refractivity contribution in [1.29, 1.82) is 0 Å².